The molecule has 0 nitrogen and oxygen atoms in total. The minimum absolute atomic E-state index is 0.151. The van der Waals surface area contributed by atoms with Gasteiger partial charge in [-0.2, -0.15) is 0 Å². The standard InChI is InChI=1S/C14H10BrF3/c1-8-2-3-9(6-13(8)18)14(15)11-7-10(16)4-5-12(11)17/h2-7,14H,1H3. The highest BCUT2D eigenvalue weighted by Gasteiger charge is 2.16. The maximum Gasteiger partial charge on any atom is 0.128 e. The van der Waals surface area contributed by atoms with Gasteiger partial charge in [-0.05, 0) is 42.3 Å². The molecule has 0 amide bonds. The molecule has 4 heteroatoms. The highest BCUT2D eigenvalue weighted by molar-refractivity contribution is 9.09. The minimum atomic E-state index is -0.580. The van der Waals surface area contributed by atoms with Crippen LogP contribution in [0.3, 0.4) is 0 Å². The summed E-state index contributed by atoms with van der Waals surface area (Å²) >= 11 is 3.26. The molecule has 0 aliphatic carbocycles. The van der Waals surface area contributed by atoms with Crippen molar-refractivity contribution >= 4 is 15.9 Å². The molecule has 18 heavy (non-hydrogen) atoms. The first-order chi connectivity index (χ1) is 8.49. The van der Waals surface area contributed by atoms with Crippen molar-refractivity contribution in [2.75, 3.05) is 0 Å². The quantitative estimate of drug-likeness (QED) is 0.692. The molecule has 0 radical (unpaired) electrons. The molecular formula is C14H10BrF3. The Morgan fingerprint density at radius 2 is 1.67 bits per heavy atom. The number of rotatable bonds is 2. The Morgan fingerprint density at radius 1 is 0.944 bits per heavy atom. The van der Waals surface area contributed by atoms with Crippen LogP contribution in [0.5, 0.6) is 0 Å². The van der Waals surface area contributed by atoms with Gasteiger partial charge in [-0.25, -0.2) is 13.2 Å². The second-order valence-electron chi connectivity index (χ2n) is 4.04. The smallest absolute Gasteiger partial charge is 0.128 e. The maximum atomic E-state index is 13.6. The fourth-order valence-corrected chi connectivity index (χ4v) is 2.29. The van der Waals surface area contributed by atoms with Crippen LogP contribution in [0.4, 0.5) is 13.2 Å². The topological polar surface area (TPSA) is 0 Å². The van der Waals surface area contributed by atoms with E-state index in [1.807, 2.05) is 0 Å². The number of aryl methyl sites for hydroxylation is 1. The van der Waals surface area contributed by atoms with Crippen molar-refractivity contribution in [1.82, 2.24) is 0 Å². The summed E-state index contributed by atoms with van der Waals surface area (Å²) < 4.78 is 40.1. The Labute approximate surface area is 112 Å². The lowest BCUT2D eigenvalue weighted by Crippen LogP contribution is -1.99. The zero-order valence-corrected chi connectivity index (χ0v) is 11.1. The summed E-state index contributed by atoms with van der Waals surface area (Å²) in [5.41, 5.74) is 1.21. The van der Waals surface area contributed by atoms with E-state index < -0.39 is 16.5 Å². The van der Waals surface area contributed by atoms with E-state index in [4.69, 9.17) is 0 Å². The van der Waals surface area contributed by atoms with Gasteiger partial charge in [0.1, 0.15) is 17.5 Å². The zero-order valence-electron chi connectivity index (χ0n) is 9.55. The van der Waals surface area contributed by atoms with Gasteiger partial charge in [-0.1, -0.05) is 28.1 Å². The monoisotopic (exact) mass is 314 g/mol. The molecule has 0 fully saturated rings. The van der Waals surface area contributed by atoms with Crippen LogP contribution in [0.25, 0.3) is 0 Å². The SMILES string of the molecule is Cc1ccc(C(Br)c2cc(F)ccc2F)cc1F. The second-order valence-corrected chi connectivity index (χ2v) is 4.95. The van der Waals surface area contributed by atoms with Crippen LogP contribution < -0.4 is 0 Å². The Hall–Kier alpha value is -1.29. The Morgan fingerprint density at radius 3 is 2.33 bits per heavy atom. The Balaban J connectivity index is 2.44. The third kappa shape index (κ3) is 2.58. The third-order valence-electron chi connectivity index (χ3n) is 2.72. The van der Waals surface area contributed by atoms with Gasteiger partial charge in [0.2, 0.25) is 0 Å². The van der Waals surface area contributed by atoms with E-state index in [2.05, 4.69) is 15.9 Å². The maximum absolute atomic E-state index is 13.6. The lowest BCUT2D eigenvalue weighted by molar-refractivity contribution is 0.587. The van der Waals surface area contributed by atoms with Gasteiger partial charge in [0, 0.05) is 5.56 Å². The lowest BCUT2D eigenvalue weighted by Gasteiger charge is -2.12. The second kappa shape index (κ2) is 5.14. The van der Waals surface area contributed by atoms with Crippen LogP contribution in [-0.2, 0) is 0 Å². The van der Waals surface area contributed by atoms with Gasteiger partial charge in [-0.15, -0.1) is 0 Å². The summed E-state index contributed by atoms with van der Waals surface area (Å²) in [7, 11) is 0. The molecule has 0 N–H and O–H groups in total. The van der Waals surface area contributed by atoms with E-state index in [1.54, 1.807) is 19.1 Å². The normalized spacial score (nSPS) is 12.5. The lowest BCUT2D eigenvalue weighted by atomic mass is 10.0. The average Bonchev–Trinajstić information content (AvgIpc) is 2.35. The molecule has 2 aromatic carbocycles. The van der Waals surface area contributed by atoms with E-state index in [0.29, 0.717) is 11.1 Å². The summed E-state index contributed by atoms with van der Waals surface area (Å²) in [6.45, 7) is 1.64. The highest BCUT2D eigenvalue weighted by atomic mass is 79.9. The minimum Gasteiger partial charge on any atom is -0.207 e. The van der Waals surface area contributed by atoms with Crippen molar-refractivity contribution in [1.29, 1.82) is 0 Å². The summed E-state index contributed by atoms with van der Waals surface area (Å²) in [6, 6.07) is 7.82. The molecule has 0 saturated heterocycles. The first-order valence-corrected chi connectivity index (χ1v) is 6.25. The van der Waals surface area contributed by atoms with Crippen molar-refractivity contribution in [2.24, 2.45) is 0 Å². The van der Waals surface area contributed by atoms with Crippen molar-refractivity contribution < 1.29 is 13.2 Å². The van der Waals surface area contributed by atoms with E-state index in [9.17, 15) is 13.2 Å². The predicted octanol–water partition coefficient (Wildman–Crippen LogP) is 4.90. The van der Waals surface area contributed by atoms with Crippen LogP contribution in [0, 0.1) is 24.4 Å². The van der Waals surface area contributed by atoms with Crippen LogP contribution >= 0.6 is 15.9 Å². The van der Waals surface area contributed by atoms with Gasteiger partial charge < -0.3 is 0 Å². The van der Waals surface area contributed by atoms with Crippen molar-refractivity contribution in [3.05, 3.63) is 70.5 Å². The number of halogens is 4. The van der Waals surface area contributed by atoms with Crippen molar-refractivity contribution in [3.63, 3.8) is 0 Å². The largest absolute Gasteiger partial charge is 0.207 e. The summed E-state index contributed by atoms with van der Waals surface area (Å²) in [5.74, 6) is -1.42. The number of benzene rings is 2. The van der Waals surface area contributed by atoms with Crippen LogP contribution in [0.1, 0.15) is 21.5 Å². The summed E-state index contributed by atoms with van der Waals surface area (Å²) in [4.78, 5) is -0.580. The van der Waals surface area contributed by atoms with E-state index in [0.717, 1.165) is 18.2 Å². The molecule has 0 saturated carbocycles. The Kier molecular flexibility index (Phi) is 3.76. The molecule has 0 heterocycles. The van der Waals surface area contributed by atoms with Gasteiger partial charge >= 0.3 is 0 Å². The molecule has 0 aliphatic heterocycles. The fourth-order valence-electron chi connectivity index (χ4n) is 1.66. The number of hydrogen-bond acceptors (Lipinski definition) is 0. The first kappa shape index (κ1) is 13.1. The van der Waals surface area contributed by atoms with E-state index in [-0.39, 0.29) is 11.4 Å². The fraction of sp³-hybridized carbons (Fsp3) is 0.143. The van der Waals surface area contributed by atoms with Crippen molar-refractivity contribution in [2.45, 2.75) is 11.8 Å². The molecule has 1 atom stereocenters. The zero-order chi connectivity index (χ0) is 13.3. The Bertz CT molecular complexity index is 581. The van der Waals surface area contributed by atoms with Gasteiger partial charge in [0.25, 0.3) is 0 Å². The molecule has 94 valence electrons. The van der Waals surface area contributed by atoms with Crippen LogP contribution in [0.15, 0.2) is 36.4 Å². The van der Waals surface area contributed by atoms with Crippen LogP contribution in [-0.4, -0.2) is 0 Å². The highest BCUT2D eigenvalue weighted by Crippen LogP contribution is 2.33. The molecule has 0 aliphatic rings. The van der Waals surface area contributed by atoms with Gasteiger partial charge in [0.05, 0.1) is 4.83 Å². The predicted molar refractivity (Wildman–Crippen MR) is 68.3 cm³/mol. The molecule has 2 rings (SSSR count). The molecule has 2 aromatic rings. The molecular weight excluding hydrogens is 305 g/mol. The first-order valence-electron chi connectivity index (χ1n) is 5.34. The van der Waals surface area contributed by atoms with Gasteiger partial charge in [0.15, 0.2) is 0 Å². The summed E-state index contributed by atoms with van der Waals surface area (Å²) in [6.07, 6.45) is 0. The molecule has 0 aromatic heterocycles. The van der Waals surface area contributed by atoms with Crippen molar-refractivity contribution in [3.8, 4) is 0 Å². The number of hydrogen-bond donors (Lipinski definition) is 0. The van der Waals surface area contributed by atoms with Gasteiger partial charge in [-0.3, -0.25) is 0 Å². The van der Waals surface area contributed by atoms with E-state index in [1.165, 1.54) is 6.07 Å². The average molecular weight is 315 g/mol. The van der Waals surface area contributed by atoms with Crippen LogP contribution in [0.2, 0.25) is 0 Å². The molecule has 0 spiro atoms. The third-order valence-corrected chi connectivity index (χ3v) is 3.74. The molecule has 1 unspecified atom stereocenters. The molecule has 0 bridgehead atoms. The number of alkyl halides is 1. The van der Waals surface area contributed by atoms with E-state index >= 15 is 0 Å². The summed E-state index contributed by atoms with van der Waals surface area (Å²) in [5, 5.41) is 0.